The highest BCUT2D eigenvalue weighted by Crippen LogP contribution is 2.29. The molecular weight excluding hydrogens is 380 g/mol. The number of hydrogen-bond donors (Lipinski definition) is 3. The fourth-order valence-corrected chi connectivity index (χ4v) is 3.16. The Labute approximate surface area is 177 Å². The molecule has 0 atom stereocenters. The number of guanidine groups is 1. The molecule has 0 saturated heterocycles. The molecule has 160 valence electrons. The van der Waals surface area contributed by atoms with Crippen LogP contribution >= 0.6 is 0 Å². The molecule has 7 heteroatoms. The van der Waals surface area contributed by atoms with Crippen molar-refractivity contribution in [3.63, 3.8) is 0 Å². The van der Waals surface area contributed by atoms with E-state index in [1.165, 1.54) is 0 Å². The zero-order chi connectivity index (χ0) is 21.3. The molecule has 1 saturated carbocycles. The molecule has 3 rings (SSSR count). The van der Waals surface area contributed by atoms with Gasteiger partial charge in [0.15, 0.2) is 5.96 Å². The van der Waals surface area contributed by atoms with Crippen molar-refractivity contribution in [2.24, 2.45) is 16.6 Å². The van der Waals surface area contributed by atoms with Crippen LogP contribution in [0.5, 0.6) is 11.5 Å². The quantitative estimate of drug-likeness (QED) is 0.426. The van der Waals surface area contributed by atoms with Crippen molar-refractivity contribution < 1.29 is 14.3 Å². The van der Waals surface area contributed by atoms with Crippen molar-refractivity contribution in [3.8, 4) is 11.5 Å². The highest BCUT2D eigenvalue weighted by Gasteiger charge is 2.25. The number of nitrogens with one attached hydrogen (secondary N) is 2. The van der Waals surface area contributed by atoms with E-state index in [0.717, 1.165) is 36.3 Å². The number of amides is 1. The van der Waals surface area contributed by atoms with Crippen molar-refractivity contribution >= 4 is 23.2 Å². The lowest BCUT2D eigenvalue weighted by atomic mass is 9.85. The molecule has 0 bridgehead atoms. The number of anilines is 2. The number of ether oxygens (including phenoxy) is 2. The largest absolute Gasteiger partial charge is 0.494 e. The number of aliphatic imine (C=N–C) groups is 1. The monoisotopic (exact) mass is 410 g/mol. The molecule has 1 fully saturated rings. The Hall–Kier alpha value is -3.22. The van der Waals surface area contributed by atoms with Crippen LogP contribution in [0.25, 0.3) is 0 Å². The smallest absolute Gasteiger partial charge is 0.227 e. The predicted octanol–water partition coefficient (Wildman–Crippen LogP) is 4.15. The van der Waals surface area contributed by atoms with Crippen molar-refractivity contribution in [1.82, 2.24) is 0 Å². The van der Waals surface area contributed by atoms with E-state index in [-0.39, 0.29) is 17.8 Å². The minimum absolute atomic E-state index is 0.0979. The van der Waals surface area contributed by atoms with Crippen LogP contribution in [-0.2, 0) is 11.3 Å². The third-order valence-corrected chi connectivity index (χ3v) is 4.93. The summed E-state index contributed by atoms with van der Waals surface area (Å²) in [4.78, 5) is 16.6. The van der Waals surface area contributed by atoms with Crippen molar-refractivity contribution in [3.05, 3.63) is 48.0 Å². The minimum atomic E-state index is 0.0979. The number of hydrogen-bond acceptors (Lipinski definition) is 4. The van der Waals surface area contributed by atoms with Crippen LogP contribution in [-0.4, -0.2) is 25.1 Å². The highest BCUT2D eigenvalue weighted by molar-refractivity contribution is 5.94. The van der Waals surface area contributed by atoms with E-state index in [4.69, 9.17) is 15.2 Å². The average Bonchev–Trinajstić information content (AvgIpc) is 2.68. The molecule has 2 aromatic rings. The normalized spacial score (nSPS) is 14.0. The van der Waals surface area contributed by atoms with Crippen molar-refractivity contribution in [2.75, 3.05) is 23.8 Å². The summed E-state index contributed by atoms with van der Waals surface area (Å²) in [6.45, 7) is 5.36. The number of carbonyl (C=O) groups excluding carboxylic acids is 1. The zero-order valence-electron chi connectivity index (χ0n) is 17.6. The van der Waals surface area contributed by atoms with Gasteiger partial charge >= 0.3 is 0 Å². The first-order valence-electron chi connectivity index (χ1n) is 10.5. The van der Waals surface area contributed by atoms with E-state index in [9.17, 15) is 4.79 Å². The first-order chi connectivity index (χ1) is 14.6. The van der Waals surface area contributed by atoms with Gasteiger partial charge in [0.05, 0.1) is 25.4 Å². The number of rotatable bonds is 9. The fraction of sp³-hybridized carbons (Fsp3) is 0.391. The van der Waals surface area contributed by atoms with Crippen LogP contribution < -0.4 is 25.8 Å². The average molecular weight is 411 g/mol. The summed E-state index contributed by atoms with van der Waals surface area (Å²) < 4.78 is 11.2. The number of nitrogens with zero attached hydrogens (tertiary/aromatic N) is 1. The summed E-state index contributed by atoms with van der Waals surface area (Å²) in [5.74, 6) is 1.93. The Kier molecular flexibility index (Phi) is 7.54. The number of benzene rings is 2. The molecule has 1 aliphatic rings. The number of carbonyl (C=O) groups is 1. The second kappa shape index (κ2) is 10.5. The van der Waals surface area contributed by atoms with Gasteiger partial charge in [0.25, 0.3) is 0 Å². The second-order valence-electron chi connectivity index (χ2n) is 7.17. The van der Waals surface area contributed by atoms with Crippen molar-refractivity contribution in [1.29, 1.82) is 0 Å². The van der Waals surface area contributed by atoms with Crippen LogP contribution in [0.2, 0.25) is 0 Å². The van der Waals surface area contributed by atoms with Gasteiger partial charge < -0.3 is 25.8 Å². The van der Waals surface area contributed by atoms with E-state index < -0.39 is 0 Å². The first kappa shape index (κ1) is 21.5. The Morgan fingerprint density at radius 2 is 1.90 bits per heavy atom. The van der Waals surface area contributed by atoms with Crippen molar-refractivity contribution in [2.45, 2.75) is 39.7 Å². The van der Waals surface area contributed by atoms with E-state index in [2.05, 4.69) is 15.6 Å². The lowest BCUT2D eigenvalue weighted by Gasteiger charge is -2.24. The standard InChI is InChI=1S/C23H30N4O3/c1-3-29-19-11-12-21(30-4-2)20(14-19)27-23(24)25-15-16-7-5-10-18(13-16)26-22(28)17-8-6-9-17/h5,7,10-14,17H,3-4,6,8-9,15H2,1-2H3,(H,26,28)(H3,24,25,27). The van der Waals surface area contributed by atoms with Gasteiger partial charge in [-0.25, -0.2) is 4.99 Å². The first-order valence-corrected chi connectivity index (χ1v) is 10.5. The van der Waals surface area contributed by atoms with Crippen LogP contribution in [0.3, 0.4) is 0 Å². The zero-order valence-corrected chi connectivity index (χ0v) is 17.6. The lowest BCUT2D eigenvalue weighted by Crippen LogP contribution is -2.28. The van der Waals surface area contributed by atoms with Gasteiger partial charge in [-0.1, -0.05) is 18.6 Å². The van der Waals surface area contributed by atoms with E-state index >= 15 is 0 Å². The van der Waals surface area contributed by atoms with E-state index in [1.807, 2.05) is 56.3 Å². The molecule has 0 heterocycles. The van der Waals surface area contributed by atoms with Gasteiger partial charge in [0.1, 0.15) is 11.5 Å². The van der Waals surface area contributed by atoms with Gasteiger partial charge in [-0.05, 0) is 56.5 Å². The maximum absolute atomic E-state index is 12.1. The maximum Gasteiger partial charge on any atom is 0.227 e. The van der Waals surface area contributed by atoms with Gasteiger partial charge in [-0.2, -0.15) is 0 Å². The van der Waals surface area contributed by atoms with Gasteiger partial charge in [-0.3, -0.25) is 4.79 Å². The summed E-state index contributed by atoms with van der Waals surface area (Å²) >= 11 is 0. The van der Waals surface area contributed by atoms with Crippen LogP contribution in [0, 0.1) is 5.92 Å². The Bertz CT molecular complexity index is 894. The lowest BCUT2D eigenvalue weighted by molar-refractivity contribution is -0.122. The molecule has 4 N–H and O–H groups in total. The third kappa shape index (κ3) is 5.89. The molecule has 0 radical (unpaired) electrons. The molecule has 1 aliphatic carbocycles. The van der Waals surface area contributed by atoms with Gasteiger partial charge in [-0.15, -0.1) is 0 Å². The second-order valence-corrected chi connectivity index (χ2v) is 7.17. The summed E-state index contributed by atoms with van der Waals surface area (Å²) in [6.07, 6.45) is 3.09. The molecule has 7 nitrogen and oxygen atoms in total. The van der Waals surface area contributed by atoms with Gasteiger partial charge in [0, 0.05) is 17.7 Å². The van der Waals surface area contributed by atoms with Crippen LogP contribution in [0.1, 0.15) is 38.7 Å². The molecular formula is C23H30N4O3. The molecule has 30 heavy (non-hydrogen) atoms. The predicted molar refractivity (Wildman–Crippen MR) is 120 cm³/mol. The molecule has 0 spiro atoms. The van der Waals surface area contributed by atoms with E-state index in [0.29, 0.717) is 31.2 Å². The molecule has 0 aliphatic heterocycles. The van der Waals surface area contributed by atoms with Gasteiger partial charge in [0.2, 0.25) is 5.91 Å². The van der Waals surface area contributed by atoms with Crippen LogP contribution in [0.4, 0.5) is 11.4 Å². The maximum atomic E-state index is 12.1. The molecule has 0 aromatic heterocycles. The number of nitrogens with two attached hydrogens (primary N) is 1. The third-order valence-electron chi connectivity index (χ3n) is 4.93. The summed E-state index contributed by atoms with van der Waals surface area (Å²) in [5.41, 5.74) is 8.54. The van der Waals surface area contributed by atoms with E-state index in [1.54, 1.807) is 0 Å². The Morgan fingerprint density at radius 1 is 1.10 bits per heavy atom. The molecule has 1 amide bonds. The Morgan fingerprint density at radius 3 is 2.60 bits per heavy atom. The Balaban J connectivity index is 1.64. The minimum Gasteiger partial charge on any atom is -0.494 e. The highest BCUT2D eigenvalue weighted by atomic mass is 16.5. The fourth-order valence-electron chi connectivity index (χ4n) is 3.16. The summed E-state index contributed by atoms with van der Waals surface area (Å²) in [7, 11) is 0. The molecule has 0 unspecified atom stereocenters. The summed E-state index contributed by atoms with van der Waals surface area (Å²) in [6, 6.07) is 13.2. The topological polar surface area (TPSA) is 98.0 Å². The van der Waals surface area contributed by atoms with Crippen LogP contribution in [0.15, 0.2) is 47.5 Å². The molecule has 2 aromatic carbocycles. The summed E-state index contributed by atoms with van der Waals surface area (Å²) in [5, 5.41) is 6.08. The SMILES string of the molecule is CCOc1ccc(OCC)c(NC(N)=NCc2cccc(NC(=O)C3CCC3)c2)c1.